The molecule has 0 unspecified atom stereocenters. The zero-order chi connectivity index (χ0) is 14.6. The predicted octanol–water partition coefficient (Wildman–Crippen LogP) is -0.203. The van der Waals surface area contributed by atoms with Gasteiger partial charge in [-0.3, -0.25) is 0 Å². The molecule has 0 saturated carbocycles. The van der Waals surface area contributed by atoms with Gasteiger partial charge < -0.3 is 0 Å². The van der Waals surface area contributed by atoms with Crippen LogP contribution in [0.4, 0.5) is 0 Å². The summed E-state index contributed by atoms with van der Waals surface area (Å²) >= 11 is 0. The van der Waals surface area contributed by atoms with Gasteiger partial charge in [0, 0.05) is 0 Å². The Hall–Kier alpha value is -0.365. The molecule has 0 aromatic heterocycles. The van der Waals surface area contributed by atoms with Gasteiger partial charge in [-0.1, -0.05) is 48.0 Å². The van der Waals surface area contributed by atoms with E-state index in [1.54, 1.807) is 0 Å². The van der Waals surface area contributed by atoms with Crippen LogP contribution in [-0.4, -0.2) is 0 Å². The zero-order valence-electron chi connectivity index (χ0n) is 15.6. The minimum Gasteiger partial charge on any atom is -0.210 e. The summed E-state index contributed by atoms with van der Waals surface area (Å²) in [6.45, 7) is 13.7. The fraction of sp³-hybridized carbons (Fsp3) is 0.400. The van der Waals surface area contributed by atoms with Gasteiger partial charge in [-0.05, 0) is 6.42 Å². The van der Waals surface area contributed by atoms with Crippen molar-refractivity contribution in [3.63, 3.8) is 0 Å². The van der Waals surface area contributed by atoms with E-state index < -0.39 is 0 Å². The number of rotatable bonds is 2. The fourth-order valence-electron chi connectivity index (χ4n) is 4.00. The summed E-state index contributed by atoms with van der Waals surface area (Å²) in [5, 5.41) is 5.94. The minimum absolute atomic E-state index is 0. The molecule has 0 aliphatic rings. The van der Waals surface area contributed by atoms with Gasteiger partial charge in [0.2, 0.25) is 0 Å². The summed E-state index contributed by atoms with van der Waals surface area (Å²) < 4.78 is 0. The maximum absolute atomic E-state index is 2.42. The van der Waals surface area contributed by atoms with Gasteiger partial charge in [-0.15, -0.1) is 11.1 Å². The van der Waals surface area contributed by atoms with E-state index in [-0.39, 0.29) is 37.7 Å². The van der Waals surface area contributed by atoms with E-state index in [1.807, 2.05) is 0 Å². The van der Waals surface area contributed by atoms with Crippen LogP contribution >= 0.6 is 0 Å². The third kappa shape index (κ3) is 2.56. The second-order valence-corrected chi connectivity index (χ2v) is 6.12. The molecule has 0 radical (unpaired) electrons. The maximum Gasteiger partial charge on any atom is 1.00 e. The van der Waals surface area contributed by atoms with Crippen molar-refractivity contribution in [2.75, 3.05) is 0 Å². The van der Waals surface area contributed by atoms with Crippen molar-refractivity contribution in [1.82, 2.24) is 0 Å². The first-order valence-electron chi connectivity index (χ1n) is 7.78. The predicted molar refractivity (Wildman–Crippen MR) is 90.3 cm³/mol. The molecule has 0 atom stereocenters. The molecule has 0 amide bonds. The molecule has 0 aliphatic heterocycles. The topological polar surface area (TPSA) is 0 Å². The fourth-order valence-corrected chi connectivity index (χ4v) is 4.00. The minimum atomic E-state index is 0. The van der Waals surface area contributed by atoms with Crippen molar-refractivity contribution in [3.8, 4) is 0 Å². The van der Waals surface area contributed by atoms with E-state index in [4.69, 9.17) is 0 Å². The molecule has 0 saturated heterocycles. The molecule has 0 fully saturated rings. The van der Waals surface area contributed by atoms with Crippen molar-refractivity contribution in [2.24, 2.45) is 0 Å². The van der Waals surface area contributed by atoms with E-state index in [0.29, 0.717) is 0 Å². The number of aryl methyl sites for hydroxylation is 6. The summed E-state index contributed by atoms with van der Waals surface area (Å²) in [6.07, 6.45) is 2.26. The number of fused-ring (bicyclic) bond motifs is 2. The van der Waals surface area contributed by atoms with Gasteiger partial charge in [0.25, 0.3) is 0 Å². The van der Waals surface area contributed by atoms with E-state index in [9.17, 15) is 0 Å². The third-order valence-electron chi connectivity index (χ3n) is 5.21. The Morgan fingerprint density at radius 2 is 1.59 bits per heavy atom. The number of hydrogen-bond donors (Lipinski definition) is 0. The van der Waals surface area contributed by atoms with Crippen molar-refractivity contribution >= 4 is 21.5 Å². The first-order chi connectivity index (χ1) is 9.51. The zero-order valence-corrected chi connectivity index (χ0v) is 15.6. The Bertz CT molecular complexity index is 746. The van der Waals surface area contributed by atoms with Crippen LogP contribution < -0.4 is 37.7 Å². The average Bonchev–Trinajstić information content (AvgIpc) is 2.94. The summed E-state index contributed by atoms with van der Waals surface area (Å²) in [5.41, 5.74) is 8.93. The second-order valence-electron chi connectivity index (χ2n) is 6.12. The molecule has 2 heteroatoms. The molecule has 106 valence electrons. The van der Waals surface area contributed by atoms with Crippen LogP contribution in [0, 0.1) is 27.7 Å². The van der Waals surface area contributed by atoms with E-state index in [2.05, 4.69) is 53.7 Å². The molecule has 0 N–H and O–H groups in total. The number of hydrogen-bond acceptors (Lipinski definition) is 0. The monoisotopic (exact) mass is 278 g/mol. The average molecular weight is 278 g/mol. The molecule has 0 spiro atoms. The molecule has 3 aromatic carbocycles. The van der Waals surface area contributed by atoms with E-state index in [0.717, 1.165) is 12.8 Å². The van der Waals surface area contributed by atoms with Crippen LogP contribution in [0.2, 0.25) is 0 Å². The van der Waals surface area contributed by atoms with Crippen LogP contribution in [0.3, 0.4) is 0 Å². The molecule has 0 aliphatic carbocycles. The van der Waals surface area contributed by atoms with Gasteiger partial charge >= 0.3 is 37.7 Å². The molecule has 22 heavy (non-hydrogen) atoms. The number of benzene rings is 1. The van der Waals surface area contributed by atoms with Crippen LogP contribution in [0.15, 0.2) is 12.1 Å². The van der Waals surface area contributed by atoms with Gasteiger partial charge in [0.1, 0.15) is 0 Å². The van der Waals surface area contributed by atoms with Gasteiger partial charge in [0.15, 0.2) is 0 Å². The van der Waals surface area contributed by atoms with E-state index in [1.165, 1.54) is 54.9 Å². The Balaban J connectivity index is 0.00000121. The Morgan fingerprint density at radius 1 is 0.955 bits per heavy atom. The molecule has 0 nitrogen and oxygen atoms in total. The van der Waals surface area contributed by atoms with Crippen LogP contribution in [0.5, 0.6) is 0 Å². The van der Waals surface area contributed by atoms with Gasteiger partial charge in [0.05, 0.1) is 0 Å². The summed E-state index contributed by atoms with van der Waals surface area (Å²) in [4.78, 5) is 0. The molecular weight excluding hydrogens is 254 g/mol. The van der Waals surface area contributed by atoms with Crippen molar-refractivity contribution < 1.29 is 37.7 Å². The van der Waals surface area contributed by atoms with Crippen LogP contribution in [0.25, 0.3) is 21.5 Å². The first-order valence-corrected chi connectivity index (χ1v) is 7.78. The normalized spacial score (nSPS) is 10.8. The molecule has 3 rings (SSSR count). The summed E-state index contributed by atoms with van der Waals surface area (Å²) in [6, 6.07) is 4.84. The van der Waals surface area contributed by atoms with Crippen molar-refractivity contribution in [2.45, 2.75) is 54.4 Å². The Kier molecular flexibility index (Phi) is 6.29. The van der Waals surface area contributed by atoms with Crippen LogP contribution in [0.1, 0.15) is 47.2 Å². The standard InChI is InChI=1S/C20H24.2Li/c1-7-15-9-17-13(5)20-12(4)16(8-2)10-18(20)14(6)19(17)11(15)3;;/h9-10H,7-8H2,1-6H3;;/q-2;2*+1. The van der Waals surface area contributed by atoms with Crippen molar-refractivity contribution in [1.29, 1.82) is 0 Å². The largest absolute Gasteiger partial charge is 1.00 e. The summed E-state index contributed by atoms with van der Waals surface area (Å²) in [7, 11) is 0. The molecule has 0 heterocycles. The van der Waals surface area contributed by atoms with Gasteiger partial charge in [-0.2, -0.15) is 50.5 Å². The van der Waals surface area contributed by atoms with Gasteiger partial charge in [-0.25, -0.2) is 5.39 Å². The SMILES string of the molecule is CCc1cc2c(C)c3c(C)[c-](CC)cc3c(C)c2[c-]1C.[Li+].[Li+]. The smallest absolute Gasteiger partial charge is 0.210 e. The Labute approximate surface area is 158 Å². The molecule has 3 aromatic rings. The second kappa shape index (κ2) is 7.03. The van der Waals surface area contributed by atoms with E-state index >= 15 is 0 Å². The Morgan fingerprint density at radius 3 is 2.14 bits per heavy atom. The van der Waals surface area contributed by atoms with Crippen molar-refractivity contribution in [3.05, 3.63) is 45.5 Å². The molecule has 0 bridgehead atoms. The third-order valence-corrected chi connectivity index (χ3v) is 5.21. The summed E-state index contributed by atoms with van der Waals surface area (Å²) in [5.74, 6) is 0. The molecular formula is C20H24Li2. The first kappa shape index (κ1) is 19.7. The maximum atomic E-state index is 2.42. The quantitative estimate of drug-likeness (QED) is 0.450. The van der Waals surface area contributed by atoms with Crippen LogP contribution in [-0.2, 0) is 12.8 Å².